The molecule has 0 saturated carbocycles. The lowest BCUT2D eigenvalue weighted by Gasteiger charge is -2.15. The molecular formula is C13H20N2O. The highest BCUT2D eigenvalue weighted by atomic mass is 16.1. The van der Waals surface area contributed by atoms with E-state index in [1.54, 1.807) is 0 Å². The second-order valence-electron chi connectivity index (χ2n) is 4.49. The number of rotatable bonds is 4. The summed E-state index contributed by atoms with van der Waals surface area (Å²) in [7, 11) is 0. The van der Waals surface area contributed by atoms with Crippen LogP contribution in [-0.2, 0) is 11.2 Å². The second-order valence-corrected chi connectivity index (χ2v) is 4.49. The zero-order chi connectivity index (χ0) is 12.1. The summed E-state index contributed by atoms with van der Waals surface area (Å²) >= 11 is 0. The molecule has 0 saturated heterocycles. The number of nitrogens with two attached hydrogens (primary N) is 1. The van der Waals surface area contributed by atoms with E-state index in [1.165, 1.54) is 6.92 Å². The first kappa shape index (κ1) is 12.7. The van der Waals surface area contributed by atoms with E-state index in [9.17, 15) is 4.79 Å². The number of benzene rings is 1. The number of amides is 1. The van der Waals surface area contributed by atoms with Crippen LogP contribution in [0.25, 0.3) is 0 Å². The van der Waals surface area contributed by atoms with Gasteiger partial charge in [0.2, 0.25) is 5.91 Å². The average molecular weight is 220 g/mol. The highest BCUT2D eigenvalue weighted by molar-refractivity contribution is 5.88. The van der Waals surface area contributed by atoms with E-state index in [4.69, 9.17) is 5.73 Å². The van der Waals surface area contributed by atoms with Crippen molar-refractivity contribution in [3.8, 4) is 0 Å². The van der Waals surface area contributed by atoms with E-state index in [0.717, 1.165) is 17.7 Å². The largest absolute Gasteiger partial charge is 0.327 e. The number of nitrogens with one attached hydrogen (secondary N) is 1. The monoisotopic (exact) mass is 220 g/mol. The van der Waals surface area contributed by atoms with E-state index < -0.39 is 0 Å². The molecule has 3 nitrogen and oxygen atoms in total. The molecule has 0 aliphatic rings. The van der Waals surface area contributed by atoms with Crippen molar-refractivity contribution in [1.29, 1.82) is 0 Å². The number of anilines is 1. The summed E-state index contributed by atoms with van der Waals surface area (Å²) in [6.45, 7) is 5.73. The van der Waals surface area contributed by atoms with Crippen molar-refractivity contribution in [2.24, 2.45) is 11.7 Å². The predicted molar refractivity (Wildman–Crippen MR) is 67.3 cm³/mol. The topological polar surface area (TPSA) is 55.1 Å². The maximum atomic E-state index is 10.9. The van der Waals surface area contributed by atoms with Gasteiger partial charge in [0.05, 0.1) is 0 Å². The Morgan fingerprint density at radius 3 is 2.69 bits per heavy atom. The first-order valence-electron chi connectivity index (χ1n) is 5.61. The van der Waals surface area contributed by atoms with Crippen molar-refractivity contribution in [1.82, 2.24) is 0 Å². The summed E-state index contributed by atoms with van der Waals surface area (Å²) in [6.07, 6.45) is 0.838. The SMILES string of the molecule is CC(=O)Nc1cccc(CC(N)C(C)C)c1. The molecule has 0 radical (unpaired) electrons. The Kier molecular flexibility index (Phi) is 4.50. The molecule has 1 unspecified atom stereocenters. The molecule has 1 aromatic rings. The Labute approximate surface area is 97.0 Å². The van der Waals surface area contributed by atoms with Crippen LogP contribution in [0.5, 0.6) is 0 Å². The number of hydrogen-bond donors (Lipinski definition) is 2. The predicted octanol–water partition coefficient (Wildman–Crippen LogP) is 2.17. The fourth-order valence-corrected chi connectivity index (χ4v) is 1.49. The molecule has 0 heterocycles. The Bertz CT molecular complexity index is 361. The first-order valence-corrected chi connectivity index (χ1v) is 5.61. The van der Waals surface area contributed by atoms with E-state index in [2.05, 4.69) is 19.2 Å². The maximum absolute atomic E-state index is 10.9. The number of carbonyl (C=O) groups excluding carboxylic acids is 1. The van der Waals surface area contributed by atoms with Crippen LogP contribution in [0.3, 0.4) is 0 Å². The zero-order valence-electron chi connectivity index (χ0n) is 10.2. The average Bonchev–Trinajstić information content (AvgIpc) is 2.16. The van der Waals surface area contributed by atoms with E-state index in [0.29, 0.717) is 5.92 Å². The first-order chi connectivity index (χ1) is 7.49. The molecule has 3 heteroatoms. The summed E-state index contributed by atoms with van der Waals surface area (Å²) in [5.41, 5.74) is 8.01. The normalized spacial score (nSPS) is 12.6. The van der Waals surface area contributed by atoms with Crippen LogP contribution in [0.2, 0.25) is 0 Å². The van der Waals surface area contributed by atoms with Crippen molar-refractivity contribution >= 4 is 11.6 Å². The molecule has 0 aliphatic carbocycles. The van der Waals surface area contributed by atoms with Crippen LogP contribution < -0.4 is 11.1 Å². The minimum atomic E-state index is -0.0506. The van der Waals surface area contributed by atoms with Gasteiger partial charge in [-0.1, -0.05) is 26.0 Å². The molecular weight excluding hydrogens is 200 g/mol. The molecule has 1 aromatic carbocycles. The lowest BCUT2D eigenvalue weighted by Crippen LogP contribution is -2.28. The Hall–Kier alpha value is -1.35. The van der Waals surface area contributed by atoms with Crippen LogP contribution in [0.1, 0.15) is 26.3 Å². The van der Waals surface area contributed by atoms with Gasteiger partial charge in [0.15, 0.2) is 0 Å². The van der Waals surface area contributed by atoms with Gasteiger partial charge in [-0.15, -0.1) is 0 Å². The van der Waals surface area contributed by atoms with Gasteiger partial charge in [0.25, 0.3) is 0 Å². The van der Waals surface area contributed by atoms with Crippen LogP contribution in [0.15, 0.2) is 24.3 Å². The number of hydrogen-bond acceptors (Lipinski definition) is 2. The van der Waals surface area contributed by atoms with Crippen molar-refractivity contribution in [2.75, 3.05) is 5.32 Å². The molecule has 0 aliphatic heterocycles. The molecule has 0 fully saturated rings. The molecule has 0 aromatic heterocycles. The van der Waals surface area contributed by atoms with Gasteiger partial charge in [-0.25, -0.2) is 0 Å². The molecule has 88 valence electrons. The zero-order valence-corrected chi connectivity index (χ0v) is 10.2. The Morgan fingerprint density at radius 2 is 2.12 bits per heavy atom. The van der Waals surface area contributed by atoms with Gasteiger partial charge < -0.3 is 11.1 Å². The van der Waals surface area contributed by atoms with Crippen molar-refractivity contribution in [3.63, 3.8) is 0 Å². The Balaban J connectivity index is 2.70. The molecule has 1 rings (SSSR count). The smallest absolute Gasteiger partial charge is 0.221 e. The fourth-order valence-electron chi connectivity index (χ4n) is 1.49. The maximum Gasteiger partial charge on any atom is 0.221 e. The van der Waals surface area contributed by atoms with E-state index in [-0.39, 0.29) is 11.9 Å². The third-order valence-electron chi connectivity index (χ3n) is 2.58. The molecule has 1 amide bonds. The lowest BCUT2D eigenvalue weighted by molar-refractivity contribution is -0.114. The summed E-state index contributed by atoms with van der Waals surface area (Å²) < 4.78 is 0. The van der Waals surface area contributed by atoms with Crippen molar-refractivity contribution in [3.05, 3.63) is 29.8 Å². The minimum Gasteiger partial charge on any atom is -0.327 e. The fraction of sp³-hybridized carbons (Fsp3) is 0.462. The summed E-state index contributed by atoms with van der Waals surface area (Å²) in [5.74, 6) is 0.412. The van der Waals surface area contributed by atoms with Crippen molar-refractivity contribution < 1.29 is 4.79 Å². The lowest BCUT2D eigenvalue weighted by atomic mass is 9.97. The van der Waals surface area contributed by atoms with Gasteiger partial charge in [0.1, 0.15) is 0 Å². The Morgan fingerprint density at radius 1 is 1.44 bits per heavy atom. The quantitative estimate of drug-likeness (QED) is 0.817. The summed E-state index contributed by atoms with van der Waals surface area (Å²) in [4.78, 5) is 10.9. The summed E-state index contributed by atoms with van der Waals surface area (Å²) in [6, 6.07) is 7.99. The summed E-state index contributed by atoms with van der Waals surface area (Å²) in [5, 5.41) is 2.77. The highest BCUT2D eigenvalue weighted by Gasteiger charge is 2.08. The standard InChI is InChI=1S/C13H20N2O/c1-9(2)13(14)8-11-5-4-6-12(7-11)15-10(3)16/h4-7,9,13H,8,14H2,1-3H3,(H,15,16). The molecule has 1 atom stereocenters. The molecule has 3 N–H and O–H groups in total. The van der Waals surface area contributed by atoms with Crippen LogP contribution in [-0.4, -0.2) is 11.9 Å². The van der Waals surface area contributed by atoms with Gasteiger partial charge >= 0.3 is 0 Å². The van der Waals surface area contributed by atoms with Crippen molar-refractivity contribution in [2.45, 2.75) is 33.2 Å². The van der Waals surface area contributed by atoms with Crippen LogP contribution in [0.4, 0.5) is 5.69 Å². The molecule has 0 bridgehead atoms. The third-order valence-corrected chi connectivity index (χ3v) is 2.58. The van der Waals surface area contributed by atoms with E-state index in [1.807, 2.05) is 24.3 Å². The van der Waals surface area contributed by atoms with Gasteiger partial charge in [-0.05, 0) is 30.0 Å². The highest BCUT2D eigenvalue weighted by Crippen LogP contribution is 2.14. The van der Waals surface area contributed by atoms with Crippen LogP contribution in [0, 0.1) is 5.92 Å². The van der Waals surface area contributed by atoms with Gasteiger partial charge in [-0.3, -0.25) is 4.79 Å². The second kappa shape index (κ2) is 5.66. The van der Waals surface area contributed by atoms with E-state index >= 15 is 0 Å². The number of carbonyl (C=O) groups is 1. The van der Waals surface area contributed by atoms with Gasteiger partial charge in [-0.2, -0.15) is 0 Å². The molecule has 16 heavy (non-hydrogen) atoms. The minimum absolute atomic E-state index is 0.0506. The molecule has 0 spiro atoms. The third kappa shape index (κ3) is 4.03. The van der Waals surface area contributed by atoms with Gasteiger partial charge in [0, 0.05) is 18.7 Å². The van der Waals surface area contributed by atoms with Crippen LogP contribution >= 0.6 is 0 Å².